The van der Waals surface area contributed by atoms with E-state index in [1.165, 1.54) is 0 Å². The van der Waals surface area contributed by atoms with Gasteiger partial charge < -0.3 is 25.7 Å². The molecule has 33 heavy (non-hydrogen) atoms. The van der Waals surface area contributed by atoms with Crippen LogP contribution in [0.15, 0.2) is 60.9 Å². The normalized spacial score (nSPS) is 10.8. The van der Waals surface area contributed by atoms with Crippen LogP contribution in [0.5, 0.6) is 0 Å². The van der Waals surface area contributed by atoms with Crippen LogP contribution >= 0.6 is 0 Å². The van der Waals surface area contributed by atoms with E-state index in [2.05, 4.69) is 49.9 Å². The molecule has 0 saturated heterocycles. The molecule has 0 unspecified atom stereocenters. The predicted molar refractivity (Wildman–Crippen MR) is 129 cm³/mol. The van der Waals surface area contributed by atoms with Crippen LogP contribution in [0.25, 0.3) is 22.3 Å². The number of rotatable bonds is 9. The summed E-state index contributed by atoms with van der Waals surface area (Å²) in [6.07, 6.45) is 2.80. The van der Waals surface area contributed by atoms with Gasteiger partial charge in [0, 0.05) is 20.1 Å². The van der Waals surface area contributed by atoms with E-state index in [0.717, 1.165) is 29.5 Å². The summed E-state index contributed by atoms with van der Waals surface area (Å²) in [5, 5.41) is 5.70. The molecule has 9 nitrogen and oxygen atoms in total. The first-order chi connectivity index (χ1) is 16.1. The molecule has 0 saturated carbocycles. The second-order valence-corrected chi connectivity index (χ2v) is 7.56. The fourth-order valence-corrected chi connectivity index (χ4v) is 3.51. The maximum absolute atomic E-state index is 12.1. The molecule has 0 aliphatic heterocycles. The van der Waals surface area contributed by atoms with Gasteiger partial charge in [-0.2, -0.15) is 9.97 Å². The van der Waals surface area contributed by atoms with Gasteiger partial charge in [0.1, 0.15) is 5.52 Å². The highest BCUT2D eigenvalue weighted by Gasteiger charge is 2.10. The van der Waals surface area contributed by atoms with Crippen molar-refractivity contribution in [2.45, 2.75) is 25.9 Å². The summed E-state index contributed by atoms with van der Waals surface area (Å²) in [6, 6.07) is 18.2. The minimum Gasteiger partial charge on any atom is -0.450 e. The number of aryl methyl sites for hydroxylation is 1. The van der Waals surface area contributed by atoms with Crippen molar-refractivity contribution in [2.75, 3.05) is 24.7 Å². The van der Waals surface area contributed by atoms with E-state index in [1.807, 2.05) is 34.9 Å². The highest BCUT2D eigenvalue weighted by molar-refractivity contribution is 5.82. The second-order valence-electron chi connectivity index (χ2n) is 7.56. The summed E-state index contributed by atoms with van der Waals surface area (Å²) in [5.74, 6) is 0.800. The fourth-order valence-electron chi connectivity index (χ4n) is 3.51. The van der Waals surface area contributed by atoms with Gasteiger partial charge in [-0.05, 0) is 35.6 Å². The minimum absolute atomic E-state index is 0.335. The molecule has 0 bridgehead atoms. The van der Waals surface area contributed by atoms with Crippen molar-refractivity contribution < 1.29 is 9.53 Å². The molecular formula is C24H27N7O2. The molecule has 1 amide bonds. The number of ether oxygens (including phenoxy) is 1. The molecule has 9 heteroatoms. The van der Waals surface area contributed by atoms with Crippen LogP contribution in [0.2, 0.25) is 0 Å². The maximum Gasteiger partial charge on any atom is 0.407 e. The van der Waals surface area contributed by atoms with Crippen molar-refractivity contribution in [3.8, 4) is 11.1 Å². The molecule has 2 heterocycles. The third kappa shape index (κ3) is 5.57. The van der Waals surface area contributed by atoms with Gasteiger partial charge >= 0.3 is 6.09 Å². The number of nitrogens with one attached hydrogen (secondary N) is 2. The van der Waals surface area contributed by atoms with Gasteiger partial charge in [-0.1, -0.05) is 48.5 Å². The van der Waals surface area contributed by atoms with Crippen LogP contribution in [-0.2, 0) is 17.8 Å². The Balaban J connectivity index is 1.20. The van der Waals surface area contributed by atoms with Gasteiger partial charge in [-0.15, -0.1) is 0 Å². The monoisotopic (exact) mass is 445 g/mol. The molecule has 4 aromatic rings. The number of aromatic nitrogens is 4. The Morgan fingerprint density at radius 2 is 1.88 bits per heavy atom. The number of nitrogens with zero attached hydrogens (tertiary/aromatic N) is 4. The number of fused-ring (bicyclic) bond motifs is 1. The number of nitrogen functional groups attached to an aromatic ring is 1. The molecule has 4 N–H and O–H groups in total. The number of anilines is 2. The molecule has 0 atom stereocenters. The van der Waals surface area contributed by atoms with Gasteiger partial charge in [-0.25, -0.2) is 9.78 Å². The molecule has 0 aliphatic rings. The first kappa shape index (κ1) is 22.1. The van der Waals surface area contributed by atoms with Gasteiger partial charge in [-0.3, -0.25) is 0 Å². The average Bonchev–Trinajstić information content (AvgIpc) is 3.26. The summed E-state index contributed by atoms with van der Waals surface area (Å²) in [5.41, 5.74) is 10.5. The highest BCUT2D eigenvalue weighted by Crippen LogP contribution is 2.20. The van der Waals surface area contributed by atoms with Crippen LogP contribution in [0, 0.1) is 0 Å². The van der Waals surface area contributed by atoms with Crippen molar-refractivity contribution in [3.63, 3.8) is 0 Å². The van der Waals surface area contributed by atoms with Crippen LogP contribution in [0.1, 0.15) is 18.4 Å². The third-order valence-corrected chi connectivity index (χ3v) is 5.21. The van der Waals surface area contributed by atoms with Crippen LogP contribution in [0.4, 0.5) is 16.6 Å². The lowest BCUT2D eigenvalue weighted by Crippen LogP contribution is -2.24. The topological polar surface area (TPSA) is 120 Å². The van der Waals surface area contributed by atoms with E-state index >= 15 is 0 Å². The Morgan fingerprint density at radius 1 is 1.06 bits per heavy atom. The lowest BCUT2D eigenvalue weighted by atomic mass is 10.0. The smallest absolute Gasteiger partial charge is 0.407 e. The fraction of sp³-hybridized carbons (Fsp3) is 0.250. The Morgan fingerprint density at radius 3 is 2.70 bits per heavy atom. The Bertz CT molecular complexity index is 1220. The summed E-state index contributed by atoms with van der Waals surface area (Å²) < 4.78 is 7.24. The summed E-state index contributed by atoms with van der Waals surface area (Å²) in [4.78, 5) is 24.9. The standard InChI is InChI=1S/C24H27N7O2/c1-26-23-29-21(25)20-22(30-23)31(16-28-20)12-5-6-13-33-24(32)27-15-17-8-7-11-19(14-17)18-9-3-2-4-10-18/h2-4,7-11,14,16H,5-6,12-13,15H2,1H3,(H,27,32)(H3,25,26,29,30). The average molecular weight is 446 g/mol. The number of carbonyl (C=O) groups is 1. The van der Waals surface area contributed by atoms with Gasteiger partial charge in [0.25, 0.3) is 0 Å². The number of imidazole rings is 1. The summed E-state index contributed by atoms with van der Waals surface area (Å²) >= 11 is 0. The molecule has 0 aliphatic carbocycles. The van der Waals surface area contributed by atoms with Crippen molar-refractivity contribution in [1.29, 1.82) is 0 Å². The summed E-state index contributed by atoms with van der Waals surface area (Å²) in [6.45, 7) is 1.43. The number of unbranched alkanes of at least 4 members (excludes halogenated alkanes) is 1. The van der Waals surface area contributed by atoms with Crippen LogP contribution in [0.3, 0.4) is 0 Å². The number of amides is 1. The summed E-state index contributed by atoms with van der Waals surface area (Å²) in [7, 11) is 1.74. The largest absolute Gasteiger partial charge is 0.450 e. The molecule has 0 radical (unpaired) electrons. The maximum atomic E-state index is 12.1. The number of nitrogens with two attached hydrogens (primary N) is 1. The SMILES string of the molecule is CNc1nc(N)c2ncn(CCCCOC(=O)NCc3cccc(-c4ccccc4)c3)c2n1. The molecule has 2 aromatic heterocycles. The Hall–Kier alpha value is -4.14. The lowest BCUT2D eigenvalue weighted by Gasteiger charge is -2.09. The van der Waals surface area contributed by atoms with Gasteiger partial charge in [0.05, 0.1) is 12.9 Å². The van der Waals surface area contributed by atoms with E-state index in [9.17, 15) is 4.79 Å². The van der Waals surface area contributed by atoms with Crippen LogP contribution in [-0.4, -0.2) is 39.3 Å². The van der Waals surface area contributed by atoms with Gasteiger partial charge in [0.2, 0.25) is 5.95 Å². The van der Waals surface area contributed by atoms with E-state index in [-0.39, 0.29) is 0 Å². The number of hydrogen-bond donors (Lipinski definition) is 3. The van der Waals surface area contributed by atoms with E-state index in [4.69, 9.17) is 10.5 Å². The number of benzene rings is 2. The number of hydrogen-bond acceptors (Lipinski definition) is 7. The quantitative estimate of drug-likeness (QED) is 0.335. The number of alkyl carbamates (subject to hydrolysis) is 1. The first-order valence-corrected chi connectivity index (χ1v) is 10.8. The third-order valence-electron chi connectivity index (χ3n) is 5.21. The highest BCUT2D eigenvalue weighted by atomic mass is 16.5. The van der Waals surface area contributed by atoms with E-state index < -0.39 is 6.09 Å². The first-order valence-electron chi connectivity index (χ1n) is 10.8. The minimum atomic E-state index is -0.424. The molecule has 0 spiro atoms. The van der Waals surface area contributed by atoms with Gasteiger partial charge in [0.15, 0.2) is 11.5 Å². The molecular weight excluding hydrogens is 418 g/mol. The van der Waals surface area contributed by atoms with E-state index in [0.29, 0.717) is 42.6 Å². The Kier molecular flexibility index (Phi) is 6.99. The zero-order valence-corrected chi connectivity index (χ0v) is 18.5. The molecule has 0 fully saturated rings. The second kappa shape index (κ2) is 10.4. The molecule has 170 valence electrons. The predicted octanol–water partition coefficient (Wildman–Crippen LogP) is 3.82. The number of carbonyl (C=O) groups excluding carboxylic acids is 1. The zero-order chi connectivity index (χ0) is 23.0. The van der Waals surface area contributed by atoms with Crippen LogP contribution < -0.4 is 16.4 Å². The zero-order valence-electron chi connectivity index (χ0n) is 18.5. The molecule has 2 aromatic carbocycles. The Labute approximate surface area is 192 Å². The van der Waals surface area contributed by atoms with Crippen molar-refractivity contribution in [3.05, 3.63) is 66.5 Å². The van der Waals surface area contributed by atoms with E-state index in [1.54, 1.807) is 13.4 Å². The lowest BCUT2D eigenvalue weighted by molar-refractivity contribution is 0.143. The van der Waals surface area contributed by atoms with Crippen molar-refractivity contribution in [1.82, 2.24) is 24.8 Å². The van der Waals surface area contributed by atoms with Crippen molar-refractivity contribution in [2.24, 2.45) is 0 Å². The molecule has 4 rings (SSSR count). The van der Waals surface area contributed by atoms with Crippen molar-refractivity contribution >= 4 is 29.0 Å².